The molecule has 0 bridgehead atoms. The van der Waals surface area contributed by atoms with Crippen LogP contribution in [0.5, 0.6) is 0 Å². The highest BCUT2D eigenvalue weighted by Gasteiger charge is 2.13. The monoisotopic (exact) mass is 205 g/mol. The molecule has 5 N–H and O–H groups in total. The lowest BCUT2D eigenvalue weighted by Crippen LogP contribution is -2.35. The number of nitrogens with one attached hydrogen (secondary N) is 2. The molecule has 0 rings (SSSR count). The molecule has 0 radical (unpaired) electrons. The summed E-state index contributed by atoms with van der Waals surface area (Å²) >= 11 is 4.59. The van der Waals surface area contributed by atoms with Crippen LogP contribution in [0, 0.1) is 0 Å². The first-order chi connectivity index (χ1) is 6.07. The molecule has 0 saturated carbocycles. The molecule has 0 aliphatic carbocycles. The molecule has 0 aromatic rings. The summed E-state index contributed by atoms with van der Waals surface area (Å²) in [5, 5.41) is 14.3. The maximum atomic E-state index is 10.5. The van der Waals surface area contributed by atoms with E-state index in [2.05, 4.69) is 22.9 Å². The normalized spacial score (nSPS) is 12.1. The van der Waals surface area contributed by atoms with Crippen molar-refractivity contribution in [3.05, 3.63) is 0 Å². The number of carbonyl (C=O) groups is 1. The number of hydrogen-bond donors (Lipinski definition) is 4. The van der Waals surface area contributed by atoms with Crippen LogP contribution < -0.4 is 16.4 Å². The van der Waals surface area contributed by atoms with Crippen molar-refractivity contribution in [2.24, 2.45) is 5.73 Å². The molecule has 0 aromatic heterocycles. The van der Waals surface area contributed by atoms with Gasteiger partial charge in [0, 0.05) is 6.54 Å². The molecule has 0 aliphatic heterocycles. The van der Waals surface area contributed by atoms with Crippen LogP contribution in [0.15, 0.2) is 0 Å². The fourth-order valence-electron chi connectivity index (χ4n) is 0.909. The Balaban J connectivity index is 3.50. The van der Waals surface area contributed by atoms with Gasteiger partial charge in [-0.1, -0.05) is 0 Å². The summed E-state index contributed by atoms with van der Waals surface area (Å²) in [6.07, 6.45) is 1.27. The van der Waals surface area contributed by atoms with E-state index in [1.807, 2.05) is 0 Å². The molecule has 5 nitrogen and oxygen atoms in total. The van der Waals surface area contributed by atoms with Crippen LogP contribution in [0.3, 0.4) is 0 Å². The average molecular weight is 205 g/mol. The first-order valence-electron chi connectivity index (χ1n) is 4.01. The van der Waals surface area contributed by atoms with Crippen LogP contribution in [0.1, 0.15) is 12.8 Å². The summed E-state index contributed by atoms with van der Waals surface area (Å²) in [7, 11) is 1.62. The Kier molecular flexibility index (Phi) is 6.17. The van der Waals surface area contributed by atoms with Gasteiger partial charge in [-0.3, -0.25) is 4.79 Å². The first-order valence-corrected chi connectivity index (χ1v) is 4.42. The minimum absolute atomic E-state index is 0.247. The lowest BCUT2D eigenvalue weighted by molar-refractivity contribution is -0.139. The summed E-state index contributed by atoms with van der Waals surface area (Å²) in [5.41, 5.74) is 5.19. The molecule has 0 aliphatic rings. The van der Waals surface area contributed by atoms with Gasteiger partial charge in [0.1, 0.15) is 6.04 Å². The maximum Gasteiger partial charge on any atom is 0.320 e. The quantitative estimate of drug-likeness (QED) is 0.338. The second-order valence-electron chi connectivity index (χ2n) is 2.61. The van der Waals surface area contributed by atoms with Crippen molar-refractivity contribution in [1.82, 2.24) is 10.6 Å². The molecule has 0 saturated heterocycles. The van der Waals surface area contributed by atoms with E-state index in [9.17, 15) is 4.79 Å². The SMILES string of the molecule is CN[C@@H](CCCNC(N)=S)C(=O)O. The number of aliphatic carboxylic acids is 1. The van der Waals surface area contributed by atoms with Gasteiger partial charge in [-0.2, -0.15) is 0 Å². The van der Waals surface area contributed by atoms with Gasteiger partial charge >= 0.3 is 5.97 Å². The predicted octanol–water partition coefficient (Wildman–Crippen LogP) is -0.728. The molecule has 13 heavy (non-hydrogen) atoms. The van der Waals surface area contributed by atoms with E-state index in [0.717, 1.165) is 6.42 Å². The van der Waals surface area contributed by atoms with Crippen molar-refractivity contribution in [3.63, 3.8) is 0 Å². The van der Waals surface area contributed by atoms with Gasteiger partial charge in [0.25, 0.3) is 0 Å². The van der Waals surface area contributed by atoms with E-state index in [4.69, 9.17) is 10.8 Å². The molecule has 0 unspecified atom stereocenters. The van der Waals surface area contributed by atoms with E-state index in [-0.39, 0.29) is 5.11 Å². The zero-order valence-corrected chi connectivity index (χ0v) is 8.36. The number of carboxylic acid groups (broad SMARTS) is 1. The largest absolute Gasteiger partial charge is 0.480 e. The molecule has 0 spiro atoms. The summed E-state index contributed by atoms with van der Waals surface area (Å²) in [5.74, 6) is -0.835. The average Bonchev–Trinajstić information content (AvgIpc) is 2.03. The topological polar surface area (TPSA) is 87.4 Å². The molecule has 1 atom stereocenters. The molecule has 76 valence electrons. The fourth-order valence-corrected chi connectivity index (χ4v) is 1.01. The van der Waals surface area contributed by atoms with Crippen molar-refractivity contribution < 1.29 is 9.90 Å². The highest BCUT2D eigenvalue weighted by atomic mass is 32.1. The van der Waals surface area contributed by atoms with Crippen molar-refractivity contribution in [1.29, 1.82) is 0 Å². The van der Waals surface area contributed by atoms with Crippen LogP contribution >= 0.6 is 12.2 Å². The van der Waals surface area contributed by atoms with Crippen LogP contribution in [0.2, 0.25) is 0 Å². The van der Waals surface area contributed by atoms with Gasteiger partial charge in [0.15, 0.2) is 5.11 Å². The minimum atomic E-state index is -0.835. The molecule has 6 heteroatoms. The van der Waals surface area contributed by atoms with Crippen molar-refractivity contribution in [2.45, 2.75) is 18.9 Å². The van der Waals surface area contributed by atoms with E-state index in [1.165, 1.54) is 0 Å². The third-order valence-corrected chi connectivity index (χ3v) is 1.76. The van der Waals surface area contributed by atoms with Crippen molar-refractivity contribution >= 4 is 23.3 Å². The van der Waals surface area contributed by atoms with E-state index >= 15 is 0 Å². The maximum absolute atomic E-state index is 10.5. The fraction of sp³-hybridized carbons (Fsp3) is 0.714. The Morgan fingerprint density at radius 3 is 2.69 bits per heavy atom. The van der Waals surface area contributed by atoms with Gasteiger partial charge in [-0.25, -0.2) is 0 Å². The number of hydrogen-bond acceptors (Lipinski definition) is 3. The first kappa shape index (κ1) is 12.1. The standard InChI is InChI=1S/C7H15N3O2S/c1-9-5(6(11)12)3-2-4-10-7(8)13/h5,9H,2-4H2,1H3,(H,11,12)(H3,8,10,13)/t5-/m0/s1. The van der Waals surface area contributed by atoms with Gasteiger partial charge in [-0.05, 0) is 32.1 Å². The highest BCUT2D eigenvalue weighted by molar-refractivity contribution is 7.80. The molecule has 0 fully saturated rings. The minimum Gasteiger partial charge on any atom is -0.480 e. The zero-order chi connectivity index (χ0) is 10.3. The Morgan fingerprint density at radius 2 is 2.31 bits per heavy atom. The van der Waals surface area contributed by atoms with E-state index < -0.39 is 12.0 Å². The number of thiocarbonyl (C=S) groups is 1. The number of likely N-dealkylation sites (N-methyl/N-ethyl adjacent to an activating group) is 1. The second-order valence-corrected chi connectivity index (χ2v) is 3.05. The molecule has 0 aromatic carbocycles. The third kappa shape index (κ3) is 6.30. The summed E-state index contributed by atoms with van der Waals surface area (Å²) < 4.78 is 0. The van der Waals surface area contributed by atoms with Gasteiger partial charge in [0.2, 0.25) is 0 Å². The third-order valence-electron chi connectivity index (χ3n) is 1.62. The summed E-state index contributed by atoms with van der Waals surface area (Å²) in [6, 6.07) is -0.492. The van der Waals surface area contributed by atoms with Crippen molar-refractivity contribution in [3.8, 4) is 0 Å². The number of rotatable bonds is 6. The van der Waals surface area contributed by atoms with Gasteiger partial charge < -0.3 is 21.5 Å². The number of carboxylic acids is 1. The van der Waals surface area contributed by atoms with Gasteiger partial charge in [-0.15, -0.1) is 0 Å². The van der Waals surface area contributed by atoms with E-state index in [1.54, 1.807) is 7.05 Å². The predicted molar refractivity (Wildman–Crippen MR) is 54.5 cm³/mol. The van der Waals surface area contributed by atoms with Crippen LogP contribution in [-0.4, -0.2) is 35.8 Å². The summed E-state index contributed by atoms with van der Waals surface area (Å²) in [6.45, 7) is 0.612. The Morgan fingerprint density at radius 1 is 1.69 bits per heavy atom. The second kappa shape index (κ2) is 6.62. The highest BCUT2D eigenvalue weighted by Crippen LogP contribution is 1.95. The molecular formula is C7H15N3O2S. The Hall–Kier alpha value is -0.880. The van der Waals surface area contributed by atoms with Crippen LogP contribution in [0.25, 0.3) is 0 Å². The van der Waals surface area contributed by atoms with Crippen LogP contribution in [-0.2, 0) is 4.79 Å². The molecular weight excluding hydrogens is 190 g/mol. The number of nitrogens with two attached hydrogens (primary N) is 1. The zero-order valence-electron chi connectivity index (χ0n) is 7.54. The Bertz CT molecular complexity index is 187. The summed E-state index contributed by atoms with van der Waals surface area (Å²) in [4.78, 5) is 10.5. The van der Waals surface area contributed by atoms with E-state index in [0.29, 0.717) is 13.0 Å². The lowest BCUT2D eigenvalue weighted by atomic mass is 10.1. The smallest absolute Gasteiger partial charge is 0.320 e. The van der Waals surface area contributed by atoms with Crippen LogP contribution in [0.4, 0.5) is 0 Å². The Labute approximate surface area is 82.7 Å². The molecule has 0 heterocycles. The lowest BCUT2D eigenvalue weighted by Gasteiger charge is -2.10. The van der Waals surface area contributed by atoms with Gasteiger partial charge in [0.05, 0.1) is 0 Å². The molecule has 0 amide bonds. The van der Waals surface area contributed by atoms with Crippen molar-refractivity contribution in [2.75, 3.05) is 13.6 Å².